The van der Waals surface area contributed by atoms with E-state index in [9.17, 15) is 0 Å². The second-order valence-electron chi connectivity index (χ2n) is 6.52. The van der Waals surface area contributed by atoms with Crippen molar-refractivity contribution in [2.24, 2.45) is 11.8 Å². The Labute approximate surface area is 126 Å². The Bertz CT molecular complexity index is 479. The van der Waals surface area contributed by atoms with Gasteiger partial charge in [0, 0.05) is 25.6 Å². The maximum absolute atomic E-state index is 5.54. The second kappa shape index (κ2) is 6.15. The number of nitrogens with one attached hydrogen (secondary N) is 1. The average Bonchev–Trinajstić information content (AvgIpc) is 3.34. The van der Waals surface area contributed by atoms with Crippen LogP contribution >= 0.6 is 0 Å². The highest BCUT2D eigenvalue weighted by Crippen LogP contribution is 2.39. The Kier molecular flexibility index (Phi) is 4.26. The molecule has 0 atom stereocenters. The van der Waals surface area contributed by atoms with Crippen molar-refractivity contribution in [1.82, 2.24) is 14.9 Å². The minimum absolute atomic E-state index is 0.536. The summed E-state index contributed by atoms with van der Waals surface area (Å²) in [6, 6.07) is 1.95. The Morgan fingerprint density at radius 1 is 1.29 bits per heavy atom. The average molecular weight is 290 g/mol. The Morgan fingerprint density at radius 2 is 2.00 bits per heavy atom. The fourth-order valence-corrected chi connectivity index (χ4v) is 2.97. The number of nitrogen functional groups attached to an aromatic ring is 1. The molecule has 6 nitrogen and oxygen atoms in total. The van der Waals surface area contributed by atoms with Gasteiger partial charge in [0.15, 0.2) is 0 Å². The lowest BCUT2D eigenvalue weighted by Crippen LogP contribution is -2.36. The minimum Gasteiger partial charge on any atom is -0.359 e. The summed E-state index contributed by atoms with van der Waals surface area (Å²) in [4.78, 5) is 13.9. The number of hydrogen-bond acceptors (Lipinski definition) is 6. The molecule has 0 spiro atoms. The molecule has 2 heterocycles. The molecule has 1 aromatic rings. The van der Waals surface area contributed by atoms with Crippen LogP contribution in [-0.2, 0) is 0 Å². The van der Waals surface area contributed by atoms with Gasteiger partial charge in [-0.3, -0.25) is 0 Å². The SMILES string of the molecule is CN1CCC(CN(C)c2cc(NN)nc(C3CC3)n2)CC1. The monoisotopic (exact) mass is 290 g/mol. The van der Waals surface area contributed by atoms with Crippen LogP contribution in [0.1, 0.15) is 37.4 Å². The van der Waals surface area contributed by atoms with Crippen LogP contribution in [0.4, 0.5) is 11.6 Å². The summed E-state index contributed by atoms with van der Waals surface area (Å²) in [6.07, 6.45) is 4.94. The smallest absolute Gasteiger partial charge is 0.145 e. The summed E-state index contributed by atoms with van der Waals surface area (Å²) in [7, 11) is 4.32. The van der Waals surface area contributed by atoms with Gasteiger partial charge >= 0.3 is 0 Å². The highest BCUT2D eigenvalue weighted by Gasteiger charge is 2.28. The lowest BCUT2D eigenvalue weighted by atomic mass is 9.97. The van der Waals surface area contributed by atoms with E-state index >= 15 is 0 Å². The van der Waals surface area contributed by atoms with Crippen molar-refractivity contribution in [2.45, 2.75) is 31.6 Å². The Morgan fingerprint density at radius 3 is 2.62 bits per heavy atom. The molecule has 1 aromatic heterocycles. The number of likely N-dealkylation sites (tertiary alicyclic amines) is 1. The molecule has 2 aliphatic rings. The molecular formula is C15H26N6. The fourth-order valence-electron chi connectivity index (χ4n) is 2.97. The largest absolute Gasteiger partial charge is 0.359 e. The zero-order valence-electron chi connectivity index (χ0n) is 13.0. The van der Waals surface area contributed by atoms with Crippen molar-refractivity contribution in [2.75, 3.05) is 44.1 Å². The molecule has 6 heteroatoms. The van der Waals surface area contributed by atoms with Gasteiger partial charge in [-0.25, -0.2) is 15.8 Å². The third kappa shape index (κ3) is 3.63. The lowest BCUT2D eigenvalue weighted by Gasteiger charge is -2.32. The zero-order chi connectivity index (χ0) is 14.8. The van der Waals surface area contributed by atoms with E-state index in [0.29, 0.717) is 5.92 Å². The van der Waals surface area contributed by atoms with Gasteiger partial charge in [-0.1, -0.05) is 0 Å². The molecule has 21 heavy (non-hydrogen) atoms. The van der Waals surface area contributed by atoms with Crippen molar-refractivity contribution in [3.63, 3.8) is 0 Å². The van der Waals surface area contributed by atoms with Gasteiger partial charge in [0.1, 0.15) is 17.5 Å². The van der Waals surface area contributed by atoms with Crippen LogP contribution < -0.4 is 16.2 Å². The Balaban J connectivity index is 1.68. The number of aromatic nitrogens is 2. The Hall–Kier alpha value is -1.40. The maximum atomic E-state index is 5.54. The fraction of sp³-hybridized carbons (Fsp3) is 0.733. The van der Waals surface area contributed by atoms with Crippen LogP contribution in [0.5, 0.6) is 0 Å². The molecule has 0 radical (unpaired) electrons. The summed E-state index contributed by atoms with van der Waals surface area (Å²) in [5.74, 6) is 9.47. The highest BCUT2D eigenvalue weighted by atomic mass is 15.3. The summed E-state index contributed by atoms with van der Waals surface area (Å²) >= 11 is 0. The number of nitrogens with zero attached hydrogens (tertiary/aromatic N) is 4. The van der Waals surface area contributed by atoms with Gasteiger partial charge in [0.05, 0.1) is 0 Å². The van der Waals surface area contributed by atoms with Crippen LogP contribution in [0.25, 0.3) is 0 Å². The van der Waals surface area contributed by atoms with Gasteiger partial charge in [-0.15, -0.1) is 0 Å². The molecule has 2 fully saturated rings. The molecule has 0 bridgehead atoms. The van der Waals surface area contributed by atoms with Crippen molar-refractivity contribution in [1.29, 1.82) is 0 Å². The molecule has 1 saturated heterocycles. The first-order valence-electron chi connectivity index (χ1n) is 7.91. The minimum atomic E-state index is 0.536. The number of nitrogens with two attached hydrogens (primary N) is 1. The molecule has 1 saturated carbocycles. The summed E-state index contributed by atoms with van der Waals surface area (Å²) < 4.78 is 0. The van der Waals surface area contributed by atoms with Gasteiger partial charge in [0.2, 0.25) is 0 Å². The van der Waals surface area contributed by atoms with Crippen LogP contribution in [0, 0.1) is 5.92 Å². The topological polar surface area (TPSA) is 70.3 Å². The van der Waals surface area contributed by atoms with Gasteiger partial charge in [-0.2, -0.15) is 0 Å². The summed E-state index contributed by atoms with van der Waals surface area (Å²) in [5.41, 5.74) is 2.67. The predicted molar refractivity (Wildman–Crippen MR) is 85.3 cm³/mol. The highest BCUT2D eigenvalue weighted by molar-refractivity contribution is 5.49. The maximum Gasteiger partial charge on any atom is 0.145 e. The third-order valence-corrected chi connectivity index (χ3v) is 4.58. The number of hydrogen-bond donors (Lipinski definition) is 2. The van der Waals surface area contributed by atoms with Gasteiger partial charge in [-0.05, 0) is 51.7 Å². The number of anilines is 2. The van der Waals surface area contributed by atoms with E-state index in [-0.39, 0.29) is 0 Å². The molecule has 116 valence electrons. The van der Waals surface area contributed by atoms with E-state index in [0.717, 1.165) is 29.9 Å². The summed E-state index contributed by atoms with van der Waals surface area (Å²) in [5, 5.41) is 0. The van der Waals surface area contributed by atoms with Crippen molar-refractivity contribution in [3.05, 3.63) is 11.9 Å². The second-order valence-corrected chi connectivity index (χ2v) is 6.52. The molecule has 0 unspecified atom stereocenters. The van der Waals surface area contributed by atoms with Crippen LogP contribution in [0.3, 0.4) is 0 Å². The third-order valence-electron chi connectivity index (χ3n) is 4.58. The first-order valence-corrected chi connectivity index (χ1v) is 7.91. The normalized spacial score (nSPS) is 20.5. The molecule has 3 rings (SSSR count). The van der Waals surface area contributed by atoms with Gasteiger partial charge < -0.3 is 15.2 Å². The first kappa shape index (κ1) is 14.5. The molecule has 0 amide bonds. The van der Waals surface area contributed by atoms with E-state index in [1.54, 1.807) is 0 Å². The molecule has 1 aliphatic carbocycles. The van der Waals surface area contributed by atoms with Crippen LogP contribution in [0.2, 0.25) is 0 Å². The van der Waals surface area contributed by atoms with E-state index in [4.69, 9.17) is 10.8 Å². The molecule has 1 aliphatic heterocycles. The van der Waals surface area contributed by atoms with E-state index < -0.39 is 0 Å². The predicted octanol–water partition coefficient (Wildman–Crippen LogP) is 1.42. The van der Waals surface area contributed by atoms with Crippen molar-refractivity contribution >= 4 is 11.6 Å². The van der Waals surface area contributed by atoms with E-state index in [2.05, 4.69) is 34.3 Å². The standard InChI is InChI=1S/C15H26N6/c1-20-7-5-11(6-8-20)10-21(2)14-9-13(19-16)17-15(18-14)12-3-4-12/h9,11-12H,3-8,10,16H2,1-2H3,(H,17,18,19). The van der Waals surface area contributed by atoms with Crippen LogP contribution in [0.15, 0.2) is 6.07 Å². The quantitative estimate of drug-likeness (QED) is 0.631. The number of hydrazine groups is 1. The number of rotatable bonds is 5. The first-order chi connectivity index (χ1) is 10.2. The van der Waals surface area contributed by atoms with Gasteiger partial charge in [0.25, 0.3) is 0 Å². The lowest BCUT2D eigenvalue weighted by molar-refractivity contribution is 0.222. The molecule has 3 N–H and O–H groups in total. The number of piperidine rings is 1. The van der Waals surface area contributed by atoms with Crippen molar-refractivity contribution < 1.29 is 0 Å². The van der Waals surface area contributed by atoms with E-state index in [1.165, 1.54) is 38.8 Å². The molecule has 0 aromatic carbocycles. The van der Waals surface area contributed by atoms with Crippen LogP contribution in [-0.4, -0.2) is 48.6 Å². The summed E-state index contributed by atoms with van der Waals surface area (Å²) in [6.45, 7) is 3.45. The zero-order valence-corrected chi connectivity index (χ0v) is 13.0. The van der Waals surface area contributed by atoms with Crippen molar-refractivity contribution in [3.8, 4) is 0 Å². The van der Waals surface area contributed by atoms with E-state index in [1.807, 2.05) is 6.07 Å². The molecular weight excluding hydrogens is 264 g/mol.